The van der Waals surface area contributed by atoms with E-state index in [1.807, 2.05) is 0 Å². The van der Waals surface area contributed by atoms with Crippen molar-refractivity contribution in [3.05, 3.63) is 10.4 Å². The largest absolute Gasteiger partial charge is 0.694 e. The number of nitrogens with zero attached hydrogens (tertiary/aromatic N) is 3. The Balaban J connectivity index is 3.10. The summed E-state index contributed by atoms with van der Waals surface area (Å²) in [5, 5.41) is 3.06. The zero-order valence-electron chi connectivity index (χ0n) is 4.47. The quantitative estimate of drug-likeness (QED) is 0.212. The Hall–Kier alpha value is -0.670. The van der Waals surface area contributed by atoms with Crippen molar-refractivity contribution in [2.45, 2.75) is 0 Å². The van der Waals surface area contributed by atoms with Gasteiger partial charge >= 0.3 is 8.25 Å². The van der Waals surface area contributed by atoms with Crippen molar-refractivity contribution in [1.29, 1.82) is 0 Å². The molecule has 6 nitrogen and oxygen atoms in total. The zero-order chi connectivity index (χ0) is 7.11. The molecule has 1 unspecified atom stereocenters. The topological polar surface area (TPSA) is 95.3 Å². The van der Waals surface area contributed by atoms with Gasteiger partial charge in [0.05, 0.1) is 6.54 Å². The van der Waals surface area contributed by atoms with E-state index in [1.54, 1.807) is 0 Å². The molecule has 0 heterocycles. The number of hydrogen-bond acceptors (Lipinski definition) is 3. The summed E-state index contributed by atoms with van der Waals surface area (Å²) in [6.07, 6.45) is 0. The van der Waals surface area contributed by atoms with Crippen LogP contribution in [0.4, 0.5) is 0 Å². The first-order valence-corrected chi connectivity index (χ1v) is 3.20. The van der Waals surface area contributed by atoms with E-state index in [4.69, 9.17) is 10.4 Å². The molecule has 0 amide bonds. The first-order valence-electron chi connectivity index (χ1n) is 2.07. The van der Waals surface area contributed by atoms with Crippen LogP contribution in [0.25, 0.3) is 10.4 Å². The Morgan fingerprint density at radius 1 is 1.89 bits per heavy atom. The molecule has 0 aromatic heterocycles. The van der Waals surface area contributed by atoms with Crippen molar-refractivity contribution in [3.63, 3.8) is 0 Å². The third kappa shape index (κ3) is 7.33. The van der Waals surface area contributed by atoms with E-state index in [1.165, 1.54) is 0 Å². The molecule has 0 aromatic rings. The van der Waals surface area contributed by atoms with Gasteiger partial charge in [-0.1, -0.05) is 5.11 Å². The van der Waals surface area contributed by atoms with E-state index >= 15 is 0 Å². The summed E-state index contributed by atoms with van der Waals surface area (Å²) in [4.78, 5) is 10.4. The molecule has 0 rings (SSSR count). The van der Waals surface area contributed by atoms with Crippen LogP contribution in [-0.4, -0.2) is 18.0 Å². The van der Waals surface area contributed by atoms with Gasteiger partial charge in [-0.05, 0) is 5.53 Å². The molecule has 0 aliphatic heterocycles. The molecule has 0 spiro atoms. The molecule has 0 radical (unpaired) electrons. The fraction of sp³-hybridized carbons (Fsp3) is 1.00. The van der Waals surface area contributed by atoms with E-state index in [0.29, 0.717) is 0 Å². The average molecular weight is 150 g/mol. The number of hydrogen-bond donors (Lipinski definition) is 1. The van der Waals surface area contributed by atoms with Gasteiger partial charge < -0.3 is 0 Å². The summed E-state index contributed by atoms with van der Waals surface area (Å²) < 4.78 is 13.9. The summed E-state index contributed by atoms with van der Waals surface area (Å²) >= 11 is 0. The lowest BCUT2D eigenvalue weighted by molar-refractivity contribution is 0.289. The molecule has 0 aliphatic carbocycles. The second kappa shape index (κ2) is 5.47. The molecule has 9 heavy (non-hydrogen) atoms. The van der Waals surface area contributed by atoms with Crippen molar-refractivity contribution in [2.75, 3.05) is 13.2 Å². The van der Waals surface area contributed by atoms with Gasteiger partial charge in [-0.2, -0.15) is 0 Å². The maximum atomic E-state index is 9.75. The minimum Gasteiger partial charge on any atom is -0.133 e. The van der Waals surface area contributed by atoms with Gasteiger partial charge in [-0.3, -0.25) is 0 Å². The number of azide groups is 1. The van der Waals surface area contributed by atoms with Gasteiger partial charge in [-0.15, -0.1) is 9.42 Å². The normalized spacial score (nSPS) is 10.1. The third-order valence-electron chi connectivity index (χ3n) is 0.456. The van der Waals surface area contributed by atoms with E-state index < -0.39 is 8.25 Å². The van der Waals surface area contributed by atoms with Crippen LogP contribution in [-0.2, 0) is 9.09 Å². The minimum atomic E-state index is -2.55. The summed E-state index contributed by atoms with van der Waals surface area (Å²) in [5.74, 6) is 0. The summed E-state index contributed by atoms with van der Waals surface area (Å²) in [6, 6.07) is 0. The van der Waals surface area contributed by atoms with Crippen molar-refractivity contribution in [1.82, 2.24) is 0 Å². The highest BCUT2D eigenvalue weighted by Gasteiger charge is 2.09. The molecule has 0 fully saturated rings. The molecular weight excluding hydrogens is 145 g/mol. The lowest BCUT2D eigenvalue weighted by atomic mass is 10.8. The van der Waals surface area contributed by atoms with Crippen LogP contribution in [0.5, 0.6) is 0 Å². The minimum absolute atomic E-state index is 0.0181. The highest BCUT2D eigenvalue weighted by Crippen LogP contribution is 2.12. The third-order valence-corrected chi connectivity index (χ3v) is 0.860. The predicted octanol–water partition coefficient (Wildman–Crippen LogP) is 0.963. The fourth-order valence-electron chi connectivity index (χ4n) is 0.204. The molecule has 0 bridgehead atoms. The Labute approximate surface area is 52.0 Å². The zero-order valence-corrected chi connectivity index (χ0v) is 5.36. The standard InChI is InChI=1S/C2H4N3O3P/c3-5-4-1-2-8-9(6)7/h1-2H2/p+1. The predicted molar refractivity (Wildman–Crippen MR) is 29.8 cm³/mol. The van der Waals surface area contributed by atoms with Crippen molar-refractivity contribution in [3.8, 4) is 0 Å². The van der Waals surface area contributed by atoms with Crippen LogP contribution in [0.15, 0.2) is 5.11 Å². The first kappa shape index (κ1) is 8.33. The molecular formula is C2H5N3O3P+. The molecule has 50 valence electrons. The number of rotatable bonds is 4. The van der Waals surface area contributed by atoms with Gasteiger partial charge in [-0.25, -0.2) is 0 Å². The lowest BCUT2D eigenvalue weighted by Crippen LogP contribution is -1.88. The Morgan fingerprint density at radius 3 is 3.00 bits per heavy atom. The van der Waals surface area contributed by atoms with Gasteiger partial charge in [0.2, 0.25) is 0 Å². The Bertz CT molecular complexity index is 140. The highest BCUT2D eigenvalue weighted by molar-refractivity contribution is 7.32. The highest BCUT2D eigenvalue weighted by atomic mass is 31.1. The molecule has 0 aliphatic rings. The van der Waals surface area contributed by atoms with E-state index in [2.05, 4.69) is 14.5 Å². The molecule has 1 N–H and O–H groups in total. The Morgan fingerprint density at radius 2 is 2.56 bits per heavy atom. The van der Waals surface area contributed by atoms with Gasteiger partial charge in [0.15, 0.2) is 0 Å². The maximum absolute atomic E-state index is 9.75. The molecule has 0 saturated heterocycles. The summed E-state index contributed by atoms with van der Waals surface area (Å²) in [6.45, 7) is 0.0634. The van der Waals surface area contributed by atoms with Crippen molar-refractivity contribution >= 4 is 8.25 Å². The van der Waals surface area contributed by atoms with Crippen LogP contribution < -0.4 is 0 Å². The van der Waals surface area contributed by atoms with Gasteiger partial charge in [0, 0.05) is 9.48 Å². The second-order valence-electron chi connectivity index (χ2n) is 1.03. The van der Waals surface area contributed by atoms with Crippen LogP contribution in [0.2, 0.25) is 0 Å². The van der Waals surface area contributed by atoms with Crippen LogP contribution >= 0.6 is 8.25 Å². The summed E-state index contributed by atoms with van der Waals surface area (Å²) in [7, 11) is -2.55. The second-order valence-corrected chi connectivity index (χ2v) is 1.76. The molecule has 7 heteroatoms. The van der Waals surface area contributed by atoms with E-state index in [9.17, 15) is 4.57 Å². The van der Waals surface area contributed by atoms with Crippen LogP contribution in [0, 0.1) is 0 Å². The van der Waals surface area contributed by atoms with Crippen molar-refractivity contribution in [2.24, 2.45) is 5.11 Å². The molecule has 0 saturated carbocycles. The first-order chi connectivity index (χ1) is 4.27. The molecule has 0 aromatic carbocycles. The van der Waals surface area contributed by atoms with E-state index in [0.717, 1.165) is 0 Å². The van der Waals surface area contributed by atoms with Crippen LogP contribution in [0.3, 0.4) is 0 Å². The molecule has 1 atom stereocenters. The average Bonchev–Trinajstić information content (AvgIpc) is 1.80. The summed E-state index contributed by atoms with van der Waals surface area (Å²) in [5.41, 5.74) is 7.70. The van der Waals surface area contributed by atoms with Gasteiger partial charge in [0.1, 0.15) is 6.61 Å². The van der Waals surface area contributed by atoms with E-state index in [-0.39, 0.29) is 13.2 Å². The SMILES string of the molecule is [N-]=[N+]=NCCO[P+](=O)O. The van der Waals surface area contributed by atoms with Crippen molar-refractivity contribution < 1.29 is 14.0 Å². The van der Waals surface area contributed by atoms with Gasteiger partial charge in [0.25, 0.3) is 0 Å². The monoisotopic (exact) mass is 150 g/mol. The van der Waals surface area contributed by atoms with Crippen LogP contribution in [0.1, 0.15) is 0 Å². The lowest BCUT2D eigenvalue weighted by Gasteiger charge is -1.78. The smallest absolute Gasteiger partial charge is 0.133 e. The maximum Gasteiger partial charge on any atom is 0.694 e. The fourth-order valence-corrected chi connectivity index (χ4v) is 0.442. The Kier molecular flexibility index (Phi) is 5.06.